The minimum atomic E-state index is -0.561. The Morgan fingerprint density at radius 2 is 2.00 bits per heavy atom. The first kappa shape index (κ1) is 9.76. The lowest BCUT2D eigenvalue weighted by molar-refractivity contribution is -0.140. The van der Waals surface area contributed by atoms with Crippen molar-refractivity contribution in [3.8, 4) is 0 Å². The zero-order valence-electron chi connectivity index (χ0n) is 7.73. The van der Waals surface area contributed by atoms with Crippen LogP contribution in [-0.4, -0.2) is 18.7 Å². The molecule has 0 radical (unpaired) electrons. The summed E-state index contributed by atoms with van der Waals surface area (Å²) < 4.78 is 4.50. The maximum absolute atomic E-state index is 10.8. The Kier molecular flexibility index (Phi) is 3.05. The summed E-state index contributed by atoms with van der Waals surface area (Å²) >= 11 is 0. The van der Waals surface area contributed by atoms with E-state index in [4.69, 9.17) is 0 Å². The predicted octanol–water partition coefficient (Wildman–Crippen LogP) is 1.88. The van der Waals surface area contributed by atoms with Gasteiger partial charge in [0.2, 0.25) is 0 Å². The Balaban J connectivity index is 2.23. The van der Waals surface area contributed by atoms with Crippen LogP contribution in [0.3, 0.4) is 0 Å². The molecule has 0 atom stereocenters. The minimum Gasteiger partial charge on any atom is -0.469 e. The van der Waals surface area contributed by atoms with E-state index in [1.54, 1.807) is 0 Å². The van der Waals surface area contributed by atoms with Crippen LogP contribution in [0.15, 0.2) is 20.7 Å². The third-order valence-corrected chi connectivity index (χ3v) is 1.82. The summed E-state index contributed by atoms with van der Waals surface area (Å²) in [4.78, 5) is 10.8. The second-order valence-electron chi connectivity index (χ2n) is 3.03. The van der Waals surface area contributed by atoms with Crippen molar-refractivity contribution in [1.82, 2.24) is 0 Å². The first-order valence-electron chi connectivity index (χ1n) is 4.07. The molecule has 0 fully saturated rings. The van der Waals surface area contributed by atoms with Crippen LogP contribution in [0.25, 0.3) is 0 Å². The fourth-order valence-corrected chi connectivity index (χ4v) is 1.02. The van der Waals surface area contributed by atoms with Crippen LogP contribution < -0.4 is 0 Å². The topological polar surface area (TPSA) is 75.7 Å². The first-order chi connectivity index (χ1) is 6.16. The summed E-state index contributed by atoms with van der Waals surface area (Å²) in [5, 5.41) is 14.5. The van der Waals surface area contributed by atoms with Gasteiger partial charge in [-0.1, -0.05) is 0 Å². The number of esters is 1. The molecule has 1 heterocycles. The highest BCUT2D eigenvalue weighted by Crippen LogP contribution is 2.25. The standard InChI is InChI=1S/C7H12N4O2/c1-7(8-10-11-9-7)5-3-4-6(12)13-2/h3-5H2,1-2H3. The Labute approximate surface area is 76.1 Å². The molecule has 1 aliphatic rings. The van der Waals surface area contributed by atoms with Gasteiger partial charge < -0.3 is 4.74 Å². The molecule has 0 unspecified atom stereocenters. The molecule has 6 heteroatoms. The lowest BCUT2D eigenvalue weighted by Crippen LogP contribution is -2.16. The van der Waals surface area contributed by atoms with E-state index >= 15 is 0 Å². The van der Waals surface area contributed by atoms with Crippen LogP contribution in [0, 0.1) is 0 Å². The van der Waals surface area contributed by atoms with Gasteiger partial charge in [-0.05, 0) is 30.2 Å². The van der Waals surface area contributed by atoms with Crippen molar-refractivity contribution >= 4 is 5.97 Å². The maximum atomic E-state index is 10.8. The Hall–Kier alpha value is -1.33. The number of ether oxygens (including phenoxy) is 1. The summed E-state index contributed by atoms with van der Waals surface area (Å²) in [6, 6.07) is 0. The van der Waals surface area contributed by atoms with E-state index in [1.165, 1.54) is 7.11 Å². The van der Waals surface area contributed by atoms with Gasteiger partial charge in [0.05, 0.1) is 7.11 Å². The van der Waals surface area contributed by atoms with E-state index in [0.29, 0.717) is 19.3 Å². The highest BCUT2D eigenvalue weighted by molar-refractivity contribution is 5.68. The van der Waals surface area contributed by atoms with E-state index in [-0.39, 0.29) is 5.97 Å². The van der Waals surface area contributed by atoms with E-state index in [9.17, 15) is 4.79 Å². The summed E-state index contributed by atoms with van der Waals surface area (Å²) in [6.45, 7) is 1.82. The van der Waals surface area contributed by atoms with Gasteiger partial charge in [0.1, 0.15) is 0 Å². The number of hydrogen-bond donors (Lipinski definition) is 0. The molecule has 0 aromatic heterocycles. The van der Waals surface area contributed by atoms with Crippen molar-refractivity contribution in [2.24, 2.45) is 20.7 Å². The molecule has 0 bridgehead atoms. The SMILES string of the molecule is COC(=O)CCCC1(C)N=NN=N1. The highest BCUT2D eigenvalue weighted by atomic mass is 16.5. The number of carbonyl (C=O) groups is 1. The number of hydrogen-bond acceptors (Lipinski definition) is 6. The van der Waals surface area contributed by atoms with E-state index in [0.717, 1.165) is 0 Å². The van der Waals surface area contributed by atoms with Crippen molar-refractivity contribution in [3.05, 3.63) is 0 Å². The Morgan fingerprint density at radius 1 is 1.38 bits per heavy atom. The fraction of sp³-hybridized carbons (Fsp3) is 0.857. The zero-order valence-corrected chi connectivity index (χ0v) is 7.73. The van der Waals surface area contributed by atoms with Crippen molar-refractivity contribution in [3.63, 3.8) is 0 Å². The minimum absolute atomic E-state index is 0.213. The summed E-state index contributed by atoms with van der Waals surface area (Å²) in [6.07, 6.45) is 1.73. The first-order valence-corrected chi connectivity index (χ1v) is 4.07. The van der Waals surface area contributed by atoms with Crippen molar-refractivity contribution < 1.29 is 9.53 Å². The van der Waals surface area contributed by atoms with Gasteiger partial charge in [-0.25, -0.2) is 0 Å². The summed E-state index contributed by atoms with van der Waals surface area (Å²) in [5.74, 6) is -0.213. The second-order valence-corrected chi connectivity index (χ2v) is 3.03. The molecular formula is C7H12N4O2. The molecule has 0 spiro atoms. The van der Waals surface area contributed by atoms with E-state index in [1.807, 2.05) is 6.92 Å². The van der Waals surface area contributed by atoms with Crippen LogP contribution in [0.1, 0.15) is 26.2 Å². The summed E-state index contributed by atoms with van der Waals surface area (Å²) in [5.41, 5.74) is -0.561. The van der Waals surface area contributed by atoms with Crippen LogP contribution in [-0.2, 0) is 9.53 Å². The quantitative estimate of drug-likeness (QED) is 0.625. The van der Waals surface area contributed by atoms with Gasteiger partial charge in [-0.3, -0.25) is 4.79 Å². The molecule has 0 aromatic carbocycles. The molecule has 13 heavy (non-hydrogen) atoms. The molecule has 0 N–H and O–H groups in total. The van der Waals surface area contributed by atoms with Gasteiger partial charge in [0.25, 0.3) is 0 Å². The maximum Gasteiger partial charge on any atom is 0.305 e. The van der Waals surface area contributed by atoms with Crippen molar-refractivity contribution in [2.75, 3.05) is 7.11 Å². The average Bonchev–Trinajstić information content (AvgIpc) is 2.52. The van der Waals surface area contributed by atoms with Crippen LogP contribution in [0.5, 0.6) is 0 Å². The molecule has 6 nitrogen and oxygen atoms in total. The predicted molar refractivity (Wildman–Crippen MR) is 44.0 cm³/mol. The normalized spacial score (nSPS) is 17.7. The number of methoxy groups -OCH3 is 1. The van der Waals surface area contributed by atoms with Gasteiger partial charge in [0, 0.05) is 6.42 Å². The monoisotopic (exact) mass is 184 g/mol. The van der Waals surface area contributed by atoms with Gasteiger partial charge in [0.15, 0.2) is 5.66 Å². The lowest BCUT2D eigenvalue weighted by atomic mass is 10.1. The smallest absolute Gasteiger partial charge is 0.305 e. The molecule has 0 saturated carbocycles. The van der Waals surface area contributed by atoms with Crippen molar-refractivity contribution in [1.29, 1.82) is 0 Å². The van der Waals surface area contributed by atoms with Gasteiger partial charge >= 0.3 is 5.97 Å². The molecule has 1 aliphatic heterocycles. The molecular weight excluding hydrogens is 172 g/mol. The third-order valence-electron chi connectivity index (χ3n) is 1.82. The fourth-order valence-electron chi connectivity index (χ4n) is 1.02. The second kappa shape index (κ2) is 4.06. The van der Waals surface area contributed by atoms with Crippen LogP contribution in [0.4, 0.5) is 0 Å². The van der Waals surface area contributed by atoms with Crippen LogP contribution >= 0.6 is 0 Å². The molecule has 0 aromatic rings. The van der Waals surface area contributed by atoms with Crippen molar-refractivity contribution in [2.45, 2.75) is 31.8 Å². The lowest BCUT2D eigenvalue weighted by Gasteiger charge is -2.11. The third kappa shape index (κ3) is 2.89. The van der Waals surface area contributed by atoms with E-state index < -0.39 is 5.66 Å². The Bertz CT molecular complexity index is 237. The zero-order chi connectivity index (χ0) is 9.73. The molecule has 0 saturated heterocycles. The number of nitrogens with zero attached hydrogens (tertiary/aromatic N) is 4. The highest BCUT2D eigenvalue weighted by Gasteiger charge is 2.26. The largest absolute Gasteiger partial charge is 0.469 e. The number of carbonyl (C=O) groups excluding carboxylic acids is 1. The number of rotatable bonds is 4. The summed E-state index contributed by atoms with van der Waals surface area (Å²) in [7, 11) is 1.37. The van der Waals surface area contributed by atoms with Gasteiger partial charge in [-0.15, -0.1) is 10.2 Å². The van der Waals surface area contributed by atoms with E-state index in [2.05, 4.69) is 25.4 Å². The molecule has 0 amide bonds. The average molecular weight is 184 g/mol. The molecule has 0 aliphatic carbocycles. The molecule has 72 valence electrons. The molecule has 1 rings (SSSR count). The Morgan fingerprint density at radius 3 is 2.54 bits per heavy atom. The van der Waals surface area contributed by atoms with Gasteiger partial charge in [-0.2, -0.15) is 0 Å². The van der Waals surface area contributed by atoms with Crippen LogP contribution in [0.2, 0.25) is 0 Å².